The standard InChI is InChI=1S/C18H14O4/c1-11-3-5-13(6-4-11)9-17-18(20)15-8-7-14(21-12(2)19)10-16(15)22-17/h3-10H,1-2H3/b17-9-. The van der Waals surface area contributed by atoms with Crippen molar-refractivity contribution in [2.75, 3.05) is 0 Å². The summed E-state index contributed by atoms with van der Waals surface area (Å²) in [6.45, 7) is 3.32. The van der Waals surface area contributed by atoms with Crippen molar-refractivity contribution in [3.8, 4) is 11.5 Å². The number of carbonyl (C=O) groups is 2. The Bertz CT molecular complexity index is 785. The molecule has 0 unspecified atom stereocenters. The minimum atomic E-state index is -0.417. The summed E-state index contributed by atoms with van der Waals surface area (Å²) in [4.78, 5) is 23.3. The lowest BCUT2D eigenvalue weighted by molar-refractivity contribution is -0.131. The zero-order valence-electron chi connectivity index (χ0n) is 12.3. The molecule has 1 heterocycles. The molecule has 0 aliphatic carbocycles. The number of Topliss-reactive ketones (excluding diaryl/α,β-unsaturated/α-hetero) is 1. The quantitative estimate of drug-likeness (QED) is 0.483. The minimum Gasteiger partial charge on any atom is -0.452 e. The van der Waals surface area contributed by atoms with E-state index in [9.17, 15) is 9.59 Å². The van der Waals surface area contributed by atoms with E-state index < -0.39 is 5.97 Å². The molecule has 110 valence electrons. The second-order valence-corrected chi connectivity index (χ2v) is 5.10. The fourth-order valence-corrected chi connectivity index (χ4v) is 2.21. The molecule has 2 aromatic rings. The van der Waals surface area contributed by atoms with E-state index in [1.54, 1.807) is 24.3 Å². The summed E-state index contributed by atoms with van der Waals surface area (Å²) in [6, 6.07) is 12.5. The molecule has 0 N–H and O–H groups in total. The number of allylic oxidation sites excluding steroid dienone is 1. The number of carbonyl (C=O) groups excluding carboxylic acids is 2. The Kier molecular flexibility index (Phi) is 3.51. The number of benzene rings is 2. The predicted molar refractivity (Wildman–Crippen MR) is 81.9 cm³/mol. The third kappa shape index (κ3) is 2.76. The SMILES string of the molecule is CC(=O)Oc1ccc2c(c1)O/C(=C\c1ccc(C)cc1)C2=O. The van der Waals surface area contributed by atoms with Crippen molar-refractivity contribution in [1.29, 1.82) is 0 Å². The van der Waals surface area contributed by atoms with E-state index in [1.807, 2.05) is 31.2 Å². The van der Waals surface area contributed by atoms with Gasteiger partial charge in [0.2, 0.25) is 5.78 Å². The molecule has 1 aliphatic heterocycles. The van der Waals surface area contributed by atoms with E-state index in [1.165, 1.54) is 6.92 Å². The van der Waals surface area contributed by atoms with Crippen LogP contribution < -0.4 is 9.47 Å². The fourth-order valence-electron chi connectivity index (χ4n) is 2.21. The molecule has 0 spiro atoms. The van der Waals surface area contributed by atoms with Gasteiger partial charge in [0.05, 0.1) is 5.56 Å². The molecular formula is C18H14O4. The molecule has 0 radical (unpaired) electrons. The largest absolute Gasteiger partial charge is 0.452 e. The fraction of sp³-hybridized carbons (Fsp3) is 0.111. The van der Waals surface area contributed by atoms with Gasteiger partial charge >= 0.3 is 5.97 Å². The topological polar surface area (TPSA) is 52.6 Å². The number of rotatable bonds is 2. The first kappa shape index (κ1) is 14.1. The summed E-state index contributed by atoms with van der Waals surface area (Å²) in [5.41, 5.74) is 2.51. The van der Waals surface area contributed by atoms with Crippen molar-refractivity contribution in [3.63, 3.8) is 0 Å². The van der Waals surface area contributed by atoms with E-state index in [2.05, 4.69) is 0 Å². The second kappa shape index (κ2) is 5.48. The van der Waals surface area contributed by atoms with Crippen LogP contribution in [0, 0.1) is 6.92 Å². The van der Waals surface area contributed by atoms with Gasteiger partial charge in [-0.05, 0) is 30.7 Å². The third-order valence-electron chi connectivity index (χ3n) is 3.28. The molecule has 0 saturated heterocycles. The smallest absolute Gasteiger partial charge is 0.308 e. The first-order chi connectivity index (χ1) is 10.5. The summed E-state index contributed by atoms with van der Waals surface area (Å²) >= 11 is 0. The van der Waals surface area contributed by atoms with Crippen molar-refractivity contribution >= 4 is 17.8 Å². The maximum atomic E-state index is 12.3. The zero-order chi connectivity index (χ0) is 15.7. The van der Waals surface area contributed by atoms with Crippen LogP contribution in [0.1, 0.15) is 28.4 Å². The maximum Gasteiger partial charge on any atom is 0.308 e. The van der Waals surface area contributed by atoms with Crippen LogP contribution in [0.4, 0.5) is 0 Å². The number of ether oxygens (including phenoxy) is 2. The van der Waals surface area contributed by atoms with Gasteiger partial charge in [-0.2, -0.15) is 0 Å². The van der Waals surface area contributed by atoms with Gasteiger partial charge in [-0.3, -0.25) is 9.59 Å². The monoisotopic (exact) mass is 294 g/mol. The maximum absolute atomic E-state index is 12.3. The average Bonchev–Trinajstić information content (AvgIpc) is 2.77. The molecule has 1 aliphatic rings. The second-order valence-electron chi connectivity index (χ2n) is 5.10. The number of esters is 1. The Morgan fingerprint density at radius 3 is 2.55 bits per heavy atom. The predicted octanol–water partition coefficient (Wildman–Crippen LogP) is 3.54. The molecule has 4 nitrogen and oxygen atoms in total. The third-order valence-corrected chi connectivity index (χ3v) is 3.28. The molecule has 0 saturated carbocycles. The summed E-state index contributed by atoms with van der Waals surface area (Å²) in [5, 5.41) is 0. The lowest BCUT2D eigenvalue weighted by Crippen LogP contribution is -2.01. The number of hydrogen-bond donors (Lipinski definition) is 0. The van der Waals surface area contributed by atoms with Crippen LogP contribution in [0.3, 0.4) is 0 Å². The van der Waals surface area contributed by atoms with Gasteiger partial charge in [-0.1, -0.05) is 29.8 Å². The highest BCUT2D eigenvalue weighted by molar-refractivity contribution is 6.14. The molecule has 0 atom stereocenters. The van der Waals surface area contributed by atoms with Crippen LogP contribution in [-0.2, 0) is 4.79 Å². The van der Waals surface area contributed by atoms with E-state index >= 15 is 0 Å². The van der Waals surface area contributed by atoms with Gasteiger partial charge < -0.3 is 9.47 Å². The number of ketones is 1. The molecule has 0 bridgehead atoms. The summed E-state index contributed by atoms with van der Waals surface area (Å²) in [7, 11) is 0. The zero-order valence-corrected chi connectivity index (χ0v) is 12.3. The van der Waals surface area contributed by atoms with Crippen LogP contribution in [0.15, 0.2) is 48.2 Å². The first-order valence-electron chi connectivity index (χ1n) is 6.86. The normalized spacial score (nSPS) is 14.6. The highest BCUT2D eigenvalue weighted by atomic mass is 16.5. The molecule has 3 rings (SSSR count). The minimum absolute atomic E-state index is 0.176. The molecule has 0 fully saturated rings. The van der Waals surface area contributed by atoms with Crippen molar-refractivity contribution in [3.05, 3.63) is 64.9 Å². The van der Waals surface area contributed by atoms with Gasteiger partial charge in [0.25, 0.3) is 0 Å². The summed E-state index contributed by atoms with van der Waals surface area (Å²) in [6.07, 6.45) is 1.70. The summed E-state index contributed by atoms with van der Waals surface area (Å²) < 4.78 is 10.6. The highest BCUT2D eigenvalue weighted by Gasteiger charge is 2.27. The van der Waals surface area contributed by atoms with Gasteiger partial charge in [0.1, 0.15) is 11.5 Å². The van der Waals surface area contributed by atoms with Crippen molar-refractivity contribution in [2.45, 2.75) is 13.8 Å². The van der Waals surface area contributed by atoms with Crippen molar-refractivity contribution < 1.29 is 19.1 Å². The Labute approximate surface area is 128 Å². The van der Waals surface area contributed by atoms with Crippen molar-refractivity contribution in [2.24, 2.45) is 0 Å². The number of aryl methyl sites for hydroxylation is 1. The number of fused-ring (bicyclic) bond motifs is 1. The van der Waals surface area contributed by atoms with Crippen LogP contribution in [0.25, 0.3) is 6.08 Å². The molecule has 0 amide bonds. The molecule has 0 aromatic heterocycles. The van der Waals surface area contributed by atoms with Crippen LogP contribution >= 0.6 is 0 Å². The molecule has 2 aromatic carbocycles. The molecular weight excluding hydrogens is 280 g/mol. The van der Waals surface area contributed by atoms with Crippen LogP contribution in [0.2, 0.25) is 0 Å². The Balaban J connectivity index is 1.90. The Hall–Kier alpha value is -2.88. The number of hydrogen-bond acceptors (Lipinski definition) is 4. The average molecular weight is 294 g/mol. The van der Waals surface area contributed by atoms with Crippen molar-refractivity contribution in [1.82, 2.24) is 0 Å². The van der Waals surface area contributed by atoms with E-state index in [4.69, 9.17) is 9.47 Å². The Morgan fingerprint density at radius 1 is 1.14 bits per heavy atom. The highest BCUT2D eigenvalue weighted by Crippen LogP contribution is 2.34. The van der Waals surface area contributed by atoms with Gasteiger partial charge in [0, 0.05) is 13.0 Å². The van der Waals surface area contributed by atoms with Crippen LogP contribution in [-0.4, -0.2) is 11.8 Å². The lowest BCUT2D eigenvalue weighted by Gasteiger charge is -2.02. The van der Waals surface area contributed by atoms with E-state index in [-0.39, 0.29) is 11.5 Å². The van der Waals surface area contributed by atoms with Crippen LogP contribution in [0.5, 0.6) is 11.5 Å². The molecule has 22 heavy (non-hydrogen) atoms. The first-order valence-corrected chi connectivity index (χ1v) is 6.86. The van der Waals surface area contributed by atoms with Gasteiger partial charge in [-0.15, -0.1) is 0 Å². The lowest BCUT2D eigenvalue weighted by atomic mass is 10.1. The summed E-state index contributed by atoms with van der Waals surface area (Å²) in [5.74, 6) is 0.432. The van der Waals surface area contributed by atoms with E-state index in [0.29, 0.717) is 17.1 Å². The van der Waals surface area contributed by atoms with Gasteiger partial charge in [-0.25, -0.2) is 0 Å². The van der Waals surface area contributed by atoms with E-state index in [0.717, 1.165) is 11.1 Å². The van der Waals surface area contributed by atoms with Gasteiger partial charge in [0.15, 0.2) is 5.76 Å². The Morgan fingerprint density at radius 2 is 1.86 bits per heavy atom. The molecule has 4 heteroatoms.